The fourth-order valence-electron chi connectivity index (χ4n) is 2.51. The second-order valence-electron chi connectivity index (χ2n) is 5.39. The highest BCUT2D eigenvalue weighted by atomic mass is 79.9. The third-order valence-corrected chi connectivity index (χ3v) is 6.37. The van der Waals surface area contributed by atoms with Gasteiger partial charge in [0.05, 0.1) is 21.5 Å². The van der Waals surface area contributed by atoms with Crippen molar-refractivity contribution in [2.45, 2.75) is 24.4 Å². The van der Waals surface area contributed by atoms with E-state index in [1.807, 2.05) is 36.6 Å². The summed E-state index contributed by atoms with van der Waals surface area (Å²) in [4.78, 5) is 22.6. The quantitative estimate of drug-likeness (QED) is 0.328. The largest absolute Gasteiger partial charge is 0.338 e. The fourth-order valence-corrected chi connectivity index (χ4v) is 4.76. The molecule has 6 nitrogen and oxygen atoms in total. The molecular weight excluding hydrogens is 436 g/mol. The zero-order valence-electron chi connectivity index (χ0n) is 13.7. The molecule has 0 aliphatic heterocycles. The van der Waals surface area contributed by atoms with Crippen LogP contribution in [0.1, 0.15) is 12.8 Å². The van der Waals surface area contributed by atoms with Crippen molar-refractivity contribution in [3.63, 3.8) is 0 Å². The first-order valence-electron chi connectivity index (χ1n) is 7.85. The van der Waals surface area contributed by atoms with Crippen molar-refractivity contribution in [3.05, 3.63) is 56.4 Å². The lowest BCUT2D eigenvalue weighted by Gasteiger charge is -2.10. The number of aromatic nitrogens is 4. The van der Waals surface area contributed by atoms with Gasteiger partial charge in [-0.05, 0) is 41.1 Å². The van der Waals surface area contributed by atoms with Gasteiger partial charge in [-0.2, -0.15) is 4.98 Å². The minimum atomic E-state index is -0.0322. The Hall–Kier alpha value is -1.97. The van der Waals surface area contributed by atoms with Gasteiger partial charge in [0.2, 0.25) is 11.7 Å². The Morgan fingerprint density at radius 1 is 1.31 bits per heavy atom. The average molecular weight is 449 g/mol. The first-order valence-corrected chi connectivity index (χ1v) is 10.5. The molecule has 0 N–H and O–H groups in total. The molecule has 132 valence electrons. The van der Waals surface area contributed by atoms with Crippen molar-refractivity contribution in [1.82, 2.24) is 19.7 Å². The monoisotopic (exact) mass is 448 g/mol. The molecule has 0 saturated carbocycles. The number of rotatable bonds is 5. The third kappa shape index (κ3) is 3.34. The number of nitrogens with zero attached hydrogens (tertiary/aromatic N) is 4. The maximum atomic E-state index is 12.6. The molecule has 0 aliphatic rings. The second kappa shape index (κ2) is 7.34. The van der Waals surface area contributed by atoms with Gasteiger partial charge < -0.3 is 4.52 Å². The van der Waals surface area contributed by atoms with Gasteiger partial charge in [-0.15, -0.1) is 11.3 Å². The van der Waals surface area contributed by atoms with E-state index in [1.54, 1.807) is 22.0 Å². The molecule has 0 radical (unpaired) electrons. The van der Waals surface area contributed by atoms with Gasteiger partial charge in [0, 0.05) is 16.4 Å². The van der Waals surface area contributed by atoms with Crippen LogP contribution in [-0.2, 0) is 12.3 Å². The van der Waals surface area contributed by atoms with Crippen LogP contribution < -0.4 is 5.56 Å². The van der Waals surface area contributed by atoms with Crippen molar-refractivity contribution >= 4 is 49.9 Å². The Morgan fingerprint density at radius 2 is 2.15 bits per heavy atom. The molecular formula is C17H13BrN4O2S2. The maximum absolute atomic E-state index is 12.6. The molecule has 9 heteroatoms. The standard InChI is InChI=1S/C17H13BrN4O2S2/c1-2-22-16(23)11-5-3-4-6-12(11)19-17(22)26-9-14-20-15(21-24-14)13-7-10(18)8-25-13/h3-8H,2,9H2,1H3. The highest BCUT2D eigenvalue weighted by molar-refractivity contribution is 9.10. The lowest BCUT2D eigenvalue weighted by molar-refractivity contribution is 0.391. The molecule has 3 aromatic heterocycles. The van der Waals surface area contributed by atoms with Crippen molar-refractivity contribution in [2.24, 2.45) is 0 Å². The zero-order valence-corrected chi connectivity index (χ0v) is 16.9. The van der Waals surface area contributed by atoms with Crippen LogP contribution in [0.5, 0.6) is 0 Å². The molecule has 0 fully saturated rings. The van der Waals surface area contributed by atoms with E-state index >= 15 is 0 Å². The van der Waals surface area contributed by atoms with Crippen LogP contribution in [0.15, 0.2) is 54.7 Å². The van der Waals surface area contributed by atoms with E-state index < -0.39 is 0 Å². The SMILES string of the molecule is CCn1c(SCc2nc(-c3cc(Br)cs3)no2)nc2ccccc2c1=O. The summed E-state index contributed by atoms with van der Waals surface area (Å²) in [6, 6.07) is 9.32. The second-order valence-corrected chi connectivity index (χ2v) is 8.16. The van der Waals surface area contributed by atoms with Gasteiger partial charge in [0.1, 0.15) is 0 Å². The Bertz CT molecular complexity index is 1140. The highest BCUT2D eigenvalue weighted by Gasteiger charge is 2.14. The smallest absolute Gasteiger partial charge is 0.262 e. The van der Waals surface area contributed by atoms with E-state index in [0.717, 1.165) is 9.35 Å². The van der Waals surface area contributed by atoms with Crippen LogP contribution in [0, 0.1) is 0 Å². The lowest BCUT2D eigenvalue weighted by atomic mass is 10.2. The topological polar surface area (TPSA) is 73.8 Å². The number of fused-ring (bicyclic) bond motifs is 1. The van der Waals surface area contributed by atoms with Crippen LogP contribution in [0.2, 0.25) is 0 Å². The van der Waals surface area contributed by atoms with Crippen LogP contribution >= 0.6 is 39.0 Å². The lowest BCUT2D eigenvalue weighted by Crippen LogP contribution is -2.22. The molecule has 0 unspecified atom stereocenters. The van der Waals surface area contributed by atoms with E-state index in [2.05, 4.69) is 31.1 Å². The van der Waals surface area contributed by atoms with Crippen LogP contribution in [-0.4, -0.2) is 19.7 Å². The highest BCUT2D eigenvalue weighted by Crippen LogP contribution is 2.29. The van der Waals surface area contributed by atoms with Crippen LogP contribution in [0.4, 0.5) is 0 Å². The first kappa shape index (κ1) is 17.4. The van der Waals surface area contributed by atoms with E-state index in [4.69, 9.17) is 4.52 Å². The van der Waals surface area contributed by atoms with Crippen molar-refractivity contribution < 1.29 is 4.52 Å². The molecule has 3 heterocycles. The Labute approximate surface area is 165 Å². The summed E-state index contributed by atoms with van der Waals surface area (Å²) in [6.45, 7) is 2.48. The molecule has 4 aromatic rings. The van der Waals surface area contributed by atoms with Crippen LogP contribution in [0.3, 0.4) is 0 Å². The molecule has 0 aliphatic carbocycles. The Balaban J connectivity index is 1.60. The van der Waals surface area contributed by atoms with Gasteiger partial charge in [-0.3, -0.25) is 9.36 Å². The Kier molecular flexibility index (Phi) is 4.92. The summed E-state index contributed by atoms with van der Waals surface area (Å²) in [6.07, 6.45) is 0. The average Bonchev–Trinajstić information content (AvgIpc) is 3.29. The van der Waals surface area contributed by atoms with Gasteiger partial charge in [-0.25, -0.2) is 4.98 Å². The minimum absolute atomic E-state index is 0.0322. The van der Waals surface area contributed by atoms with Gasteiger partial charge >= 0.3 is 0 Å². The van der Waals surface area contributed by atoms with Crippen LogP contribution in [0.25, 0.3) is 21.6 Å². The van der Waals surface area contributed by atoms with E-state index in [-0.39, 0.29) is 5.56 Å². The molecule has 0 spiro atoms. The third-order valence-electron chi connectivity index (χ3n) is 3.72. The molecule has 26 heavy (non-hydrogen) atoms. The number of thiophene rings is 1. The molecule has 4 rings (SSSR count). The first-order chi connectivity index (χ1) is 12.7. The predicted molar refractivity (Wildman–Crippen MR) is 107 cm³/mol. The number of benzene rings is 1. The minimum Gasteiger partial charge on any atom is -0.338 e. The number of hydrogen-bond donors (Lipinski definition) is 0. The normalized spacial score (nSPS) is 11.3. The maximum Gasteiger partial charge on any atom is 0.262 e. The van der Waals surface area contributed by atoms with Crippen molar-refractivity contribution in [2.75, 3.05) is 0 Å². The number of halogens is 1. The molecule has 0 amide bonds. The summed E-state index contributed by atoms with van der Waals surface area (Å²) >= 11 is 6.38. The molecule has 0 saturated heterocycles. The van der Waals surface area contributed by atoms with E-state index in [9.17, 15) is 4.79 Å². The number of thioether (sulfide) groups is 1. The van der Waals surface area contributed by atoms with Crippen molar-refractivity contribution in [3.8, 4) is 10.7 Å². The Morgan fingerprint density at radius 3 is 2.92 bits per heavy atom. The van der Waals surface area contributed by atoms with Gasteiger partial charge in [0.15, 0.2) is 5.16 Å². The summed E-state index contributed by atoms with van der Waals surface area (Å²) in [5, 5.41) is 7.27. The summed E-state index contributed by atoms with van der Waals surface area (Å²) in [7, 11) is 0. The zero-order chi connectivity index (χ0) is 18.1. The number of hydrogen-bond acceptors (Lipinski definition) is 7. The number of para-hydroxylation sites is 1. The van der Waals surface area contributed by atoms with Gasteiger partial charge in [0.25, 0.3) is 5.56 Å². The predicted octanol–water partition coefficient (Wildman–Crippen LogP) is 4.58. The molecule has 0 atom stereocenters. The summed E-state index contributed by atoms with van der Waals surface area (Å²) < 4.78 is 7.99. The summed E-state index contributed by atoms with van der Waals surface area (Å²) in [5.74, 6) is 1.51. The van der Waals surface area contributed by atoms with E-state index in [1.165, 1.54) is 11.8 Å². The van der Waals surface area contributed by atoms with E-state index in [0.29, 0.717) is 40.1 Å². The van der Waals surface area contributed by atoms with Crippen molar-refractivity contribution in [1.29, 1.82) is 0 Å². The molecule has 0 bridgehead atoms. The fraction of sp³-hybridized carbons (Fsp3) is 0.176. The summed E-state index contributed by atoms with van der Waals surface area (Å²) in [5.41, 5.74) is 0.662. The molecule has 1 aromatic carbocycles. The van der Waals surface area contributed by atoms with Gasteiger partial charge in [-0.1, -0.05) is 29.1 Å².